The van der Waals surface area contributed by atoms with E-state index in [4.69, 9.17) is 0 Å². The molecule has 12 rings (SSSR count). The molecule has 0 spiro atoms. The molecule has 64 heavy (non-hydrogen) atoms. The van der Waals surface area contributed by atoms with Crippen LogP contribution in [0.4, 0.5) is 17.1 Å². The van der Waals surface area contributed by atoms with Crippen molar-refractivity contribution in [1.29, 1.82) is 0 Å². The highest BCUT2D eigenvalue weighted by atomic mass is 15.1. The molecule has 0 radical (unpaired) electrons. The van der Waals surface area contributed by atoms with Gasteiger partial charge in [0.2, 0.25) is 0 Å². The molecule has 1 heteroatoms. The van der Waals surface area contributed by atoms with Crippen LogP contribution < -0.4 is 4.90 Å². The largest absolute Gasteiger partial charge is 0.311 e. The number of nitrogens with zero attached hydrogens (tertiary/aromatic N) is 1. The Labute approximate surface area is 380 Å². The average molecular weight is 820 g/mol. The number of rotatable bonds is 7. The second-order valence-electron chi connectivity index (χ2n) is 17.4. The average Bonchev–Trinajstić information content (AvgIpc) is 3.62. The van der Waals surface area contributed by atoms with Crippen molar-refractivity contribution in [3.8, 4) is 55.6 Å². The van der Waals surface area contributed by atoms with Crippen LogP contribution in [0.15, 0.2) is 236 Å². The van der Waals surface area contributed by atoms with Crippen molar-refractivity contribution < 1.29 is 5.48 Å². The third kappa shape index (κ3) is 6.31. The molecule has 0 bridgehead atoms. The first-order valence-corrected chi connectivity index (χ1v) is 22.0. The first-order valence-electron chi connectivity index (χ1n) is 24.0. The summed E-state index contributed by atoms with van der Waals surface area (Å²) in [5.74, 6) is 0. The molecule has 0 amide bonds. The summed E-state index contributed by atoms with van der Waals surface area (Å²) < 4.78 is 38.6. The number of hydrogen-bond donors (Lipinski definition) is 0. The van der Waals surface area contributed by atoms with Crippen molar-refractivity contribution in [2.45, 2.75) is 19.3 Å². The van der Waals surface area contributed by atoms with E-state index in [0.29, 0.717) is 5.56 Å². The Morgan fingerprint density at radius 3 is 1.66 bits per heavy atom. The van der Waals surface area contributed by atoms with Crippen LogP contribution in [0.2, 0.25) is 0 Å². The molecule has 0 saturated carbocycles. The fourth-order valence-corrected chi connectivity index (χ4v) is 10.2. The van der Waals surface area contributed by atoms with E-state index < -0.39 is 0 Å². The molecule has 0 aromatic heterocycles. The highest BCUT2D eigenvalue weighted by molar-refractivity contribution is 6.08. The fraction of sp³-hybridized carbons (Fsp3) is 0.0476. The van der Waals surface area contributed by atoms with Crippen molar-refractivity contribution >= 4 is 49.4 Å². The first-order chi connectivity index (χ1) is 33.2. The van der Waals surface area contributed by atoms with E-state index in [1.54, 1.807) is 0 Å². The highest BCUT2D eigenvalue weighted by Crippen LogP contribution is 2.52. The minimum absolute atomic E-state index is 0.0976. The zero-order chi connectivity index (χ0) is 46.3. The maximum atomic E-state index is 9.72. The van der Waals surface area contributed by atoms with E-state index in [1.807, 2.05) is 71.6 Å². The maximum absolute atomic E-state index is 9.72. The number of hydrogen-bond acceptors (Lipinski definition) is 1. The van der Waals surface area contributed by atoms with Gasteiger partial charge in [0.05, 0.1) is 5.48 Å². The summed E-state index contributed by atoms with van der Waals surface area (Å²) in [6.07, 6.45) is 0. The minimum atomic E-state index is -0.195. The SMILES string of the molecule is [2H]c1c([2H])c(N(c2ccc(-c3ccc4c(ccc5ccccc54)c3)cc2)c2ccc(-c3cccc4c3C(C)(C)c3ccccc3-4)cc2)c([2H])c([2H])c1-c1cccc(-c2cccc3ccccc23)c1. The molecule has 1 nitrogen and oxygen atoms in total. The molecule has 0 saturated heterocycles. The molecular weight excluding hydrogens is 771 g/mol. The molecule has 0 aliphatic heterocycles. The Balaban J connectivity index is 0.979. The van der Waals surface area contributed by atoms with E-state index in [9.17, 15) is 5.48 Å². The molecule has 0 unspecified atom stereocenters. The summed E-state index contributed by atoms with van der Waals surface area (Å²) in [7, 11) is 0. The van der Waals surface area contributed by atoms with Crippen LogP contribution in [-0.4, -0.2) is 0 Å². The van der Waals surface area contributed by atoms with Crippen molar-refractivity contribution in [3.63, 3.8) is 0 Å². The maximum Gasteiger partial charge on any atom is 0.0645 e. The van der Waals surface area contributed by atoms with Gasteiger partial charge >= 0.3 is 0 Å². The predicted molar refractivity (Wildman–Crippen MR) is 273 cm³/mol. The number of benzene rings is 11. The summed E-state index contributed by atoms with van der Waals surface area (Å²) in [4.78, 5) is 1.88. The Morgan fingerprint density at radius 1 is 0.328 bits per heavy atom. The van der Waals surface area contributed by atoms with Crippen molar-refractivity contribution in [1.82, 2.24) is 0 Å². The monoisotopic (exact) mass is 819 g/mol. The Morgan fingerprint density at radius 2 is 0.859 bits per heavy atom. The van der Waals surface area contributed by atoms with Gasteiger partial charge in [-0.05, 0) is 148 Å². The molecule has 1 aliphatic carbocycles. The van der Waals surface area contributed by atoms with Gasteiger partial charge in [0.1, 0.15) is 0 Å². The van der Waals surface area contributed by atoms with Gasteiger partial charge in [-0.1, -0.05) is 202 Å². The Bertz CT molecular complexity index is 3780. The van der Waals surface area contributed by atoms with Crippen molar-refractivity contribution in [2.75, 3.05) is 4.90 Å². The second-order valence-corrected chi connectivity index (χ2v) is 17.4. The van der Waals surface area contributed by atoms with Crippen molar-refractivity contribution in [2.24, 2.45) is 0 Å². The lowest BCUT2D eigenvalue weighted by Crippen LogP contribution is -2.16. The third-order valence-electron chi connectivity index (χ3n) is 13.3. The first kappa shape index (κ1) is 33.6. The number of anilines is 3. The quantitative estimate of drug-likeness (QED) is 0.145. The second kappa shape index (κ2) is 15.1. The van der Waals surface area contributed by atoms with Gasteiger partial charge in [0.15, 0.2) is 0 Å². The summed E-state index contributed by atoms with van der Waals surface area (Å²) in [5.41, 5.74) is 13.8. The van der Waals surface area contributed by atoms with E-state index in [1.165, 1.54) is 38.4 Å². The van der Waals surface area contributed by atoms with Gasteiger partial charge in [-0.3, -0.25) is 0 Å². The van der Waals surface area contributed by atoms with Gasteiger partial charge in [0, 0.05) is 22.5 Å². The standard InChI is InChI=1S/C63H45N/c1-63(2)61-23-8-7-19-59(61)60-22-11-21-58(62(60)63)46-30-37-53(38-31-46)64(52-35-28-43(29-36-52)48-32-39-57-50(41-48)25-24-45-13-4-6-18-55(45)57)51-33-26-42(27-34-51)47-15-9-16-49(40-47)56-20-10-14-44-12-3-5-17-54(44)56/h3-41H,1-2H3/i26D,27D,33D,34D. The molecule has 11 aromatic rings. The van der Waals surface area contributed by atoms with Gasteiger partial charge < -0.3 is 4.90 Å². The molecule has 1 aliphatic rings. The Hall–Kier alpha value is -8.00. The Kier molecular flexibility index (Phi) is 7.94. The lowest BCUT2D eigenvalue weighted by atomic mass is 9.79. The van der Waals surface area contributed by atoms with E-state index >= 15 is 0 Å². The van der Waals surface area contributed by atoms with Gasteiger partial charge in [-0.25, -0.2) is 0 Å². The molecule has 302 valence electrons. The van der Waals surface area contributed by atoms with Crippen LogP contribution in [0.1, 0.15) is 30.5 Å². The lowest BCUT2D eigenvalue weighted by Gasteiger charge is -2.27. The smallest absolute Gasteiger partial charge is 0.0645 e. The summed E-state index contributed by atoms with van der Waals surface area (Å²) in [6.45, 7) is 4.60. The molecule has 0 heterocycles. The summed E-state index contributed by atoms with van der Waals surface area (Å²) >= 11 is 0. The van der Waals surface area contributed by atoms with Crippen LogP contribution in [0, 0.1) is 0 Å². The summed E-state index contributed by atoms with van der Waals surface area (Å²) in [5, 5.41) is 7.03. The number of fused-ring (bicyclic) bond motifs is 7. The van der Waals surface area contributed by atoms with E-state index in [0.717, 1.165) is 60.9 Å². The van der Waals surface area contributed by atoms with Gasteiger partial charge in [-0.2, -0.15) is 0 Å². The molecular formula is C63H45N. The van der Waals surface area contributed by atoms with Crippen LogP contribution in [0.25, 0.3) is 88.0 Å². The highest BCUT2D eigenvalue weighted by Gasteiger charge is 2.37. The normalized spacial score (nSPS) is 13.5. The van der Waals surface area contributed by atoms with E-state index in [-0.39, 0.29) is 40.8 Å². The minimum Gasteiger partial charge on any atom is -0.311 e. The molecule has 11 aromatic carbocycles. The fourth-order valence-electron chi connectivity index (χ4n) is 10.2. The summed E-state index contributed by atoms with van der Waals surface area (Å²) in [6, 6.07) is 73.0. The van der Waals surface area contributed by atoms with Gasteiger partial charge in [0.25, 0.3) is 0 Å². The molecule has 0 fully saturated rings. The van der Waals surface area contributed by atoms with Crippen LogP contribution >= 0.6 is 0 Å². The zero-order valence-corrected chi connectivity index (χ0v) is 35.7. The lowest BCUT2D eigenvalue weighted by molar-refractivity contribution is 0.662. The van der Waals surface area contributed by atoms with Crippen molar-refractivity contribution in [3.05, 3.63) is 248 Å². The van der Waals surface area contributed by atoms with E-state index in [2.05, 4.69) is 159 Å². The van der Waals surface area contributed by atoms with Crippen LogP contribution in [0.5, 0.6) is 0 Å². The third-order valence-corrected chi connectivity index (χ3v) is 13.3. The zero-order valence-electron chi connectivity index (χ0n) is 39.7. The van der Waals surface area contributed by atoms with Crippen LogP contribution in [-0.2, 0) is 5.41 Å². The topological polar surface area (TPSA) is 3.24 Å². The van der Waals surface area contributed by atoms with Gasteiger partial charge in [-0.15, -0.1) is 0 Å². The molecule has 0 N–H and O–H groups in total. The van der Waals surface area contributed by atoms with Crippen LogP contribution in [0.3, 0.4) is 0 Å². The predicted octanol–water partition coefficient (Wildman–Crippen LogP) is 17.6. The molecule has 0 atom stereocenters.